The van der Waals surface area contributed by atoms with Gasteiger partial charge < -0.3 is 0 Å². The molecule has 0 bridgehead atoms. The average molecular weight is 186 g/mol. The molecule has 0 saturated carbocycles. The normalized spacial score (nSPS) is 13.5. The number of hydrogen-bond donors (Lipinski definition) is 0. The first kappa shape index (κ1) is 12.2. The summed E-state index contributed by atoms with van der Waals surface area (Å²) in [5.74, 6) is 0. The standard InChI is InChI=1S/C11H26Si/c1-7-9-12(6,10-8-2)11(3,4)5/h7-10H2,1-6H3. The smallest absolute Gasteiger partial charge is 0.0558 e. The number of hydrogen-bond acceptors (Lipinski definition) is 0. The Morgan fingerprint density at radius 3 is 1.42 bits per heavy atom. The Bertz CT molecular complexity index is 115. The average Bonchev–Trinajstić information content (AvgIpc) is 1.86. The van der Waals surface area contributed by atoms with Crippen molar-refractivity contribution in [3.63, 3.8) is 0 Å². The van der Waals surface area contributed by atoms with Crippen molar-refractivity contribution in [2.75, 3.05) is 0 Å². The maximum absolute atomic E-state index is 2.58. The van der Waals surface area contributed by atoms with Crippen LogP contribution in [0.5, 0.6) is 0 Å². The predicted molar refractivity (Wildman–Crippen MR) is 61.5 cm³/mol. The van der Waals surface area contributed by atoms with Crippen LogP contribution in [-0.4, -0.2) is 8.07 Å². The van der Waals surface area contributed by atoms with Crippen LogP contribution in [0.15, 0.2) is 0 Å². The van der Waals surface area contributed by atoms with Crippen LogP contribution in [0.4, 0.5) is 0 Å². The van der Waals surface area contributed by atoms with Crippen molar-refractivity contribution in [2.45, 2.75) is 71.1 Å². The Balaban J connectivity index is 4.38. The van der Waals surface area contributed by atoms with E-state index in [0.717, 1.165) is 0 Å². The van der Waals surface area contributed by atoms with Crippen LogP contribution in [0.25, 0.3) is 0 Å². The monoisotopic (exact) mass is 186 g/mol. The van der Waals surface area contributed by atoms with Crippen LogP contribution in [0.3, 0.4) is 0 Å². The lowest BCUT2D eigenvalue weighted by Gasteiger charge is -2.40. The molecule has 0 saturated heterocycles. The molecule has 0 aliphatic heterocycles. The van der Waals surface area contributed by atoms with Gasteiger partial charge >= 0.3 is 0 Å². The highest BCUT2D eigenvalue weighted by molar-refractivity contribution is 6.81. The summed E-state index contributed by atoms with van der Waals surface area (Å²) in [7, 11) is -0.951. The summed E-state index contributed by atoms with van der Waals surface area (Å²) in [4.78, 5) is 0. The van der Waals surface area contributed by atoms with Crippen molar-refractivity contribution in [2.24, 2.45) is 0 Å². The molecule has 0 fully saturated rings. The van der Waals surface area contributed by atoms with Gasteiger partial charge in [0.05, 0.1) is 8.07 Å². The van der Waals surface area contributed by atoms with Gasteiger partial charge in [-0.25, -0.2) is 0 Å². The zero-order valence-electron chi connectivity index (χ0n) is 9.83. The summed E-state index contributed by atoms with van der Waals surface area (Å²) in [6.45, 7) is 14.5. The van der Waals surface area contributed by atoms with E-state index in [1.165, 1.54) is 24.9 Å². The fourth-order valence-electron chi connectivity index (χ4n) is 1.98. The molecule has 0 spiro atoms. The molecule has 0 N–H and O–H groups in total. The van der Waals surface area contributed by atoms with E-state index in [4.69, 9.17) is 0 Å². The molecule has 0 aliphatic carbocycles. The fourth-order valence-corrected chi connectivity index (χ4v) is 5.94. The first-order chi connectivity index (χ1) is 5.37. The molecular formula is C11H26Si. The van der Waals surface area contributed by atoms with Crippen molar-refractivity contribution < 1.29 is 0 Å². The van der Waals surface area contributed by atoms with Gasteiger partial charge in [0, 0.05) is 0 Å². The molecule has 0 heterocycles. The van der Waals surface area contributed by atoms with Gasteiger partial charge in [0.25, 0.3) is 0 Å². The summed E-state index contributed by atoms with van der Waals surface area (Å²) in [6, 6.07) is 3.01. The molecule has 0 atom stereocenters. The van der Waals surface area contributed by atoms with Gasteiger partial charge in [0.2, 0.25) is 0 Å². The predicted octanol–water partition coefficient (Wildman–Crippen LogP) is 4.69. The summed E-state index contributed by atoms with van der Waals surface area (Å²) < 4.78 is 0. The minimum Gasteiger partial charge on any atom is -0.0688 e. The Morgan fingerprint density at radius 1 is 0.917 bits per heavy atom. The van der Waals surface area contributed by atoms with Gasteiger partial charge in [-0.3, -0.25) is 0 Å². The van der Waals surface area contributed by atoms with Gasteiger partial charge in [-0.15, -0.1) is 0 Å². The Kier molecular flexibility index (Phi) is 4.53. The highest BCUT2D eigenvalue weighted by Gasteiger charge is 2.37. The third-order valence-corrected chi connectivity index (χ3v) is 10.2. The highest BCUT2D eigenvalue weighted by atomic mass is 28.3. The third-order valence-electron chi connectivity index (χ3n) is 3.41. The Morgan fingerprint density at radius 2 is 1.25 bits per heavy atom. The summed E-state index contributed by atoms with van der Waals surface area (Å²) in [5.41, 5.74) is 0. The summed E-state index contributed by atoms with van der Waals surface area (Å²) in [6.07, 6.45) is 2.75. The molecule has 0 radical (unpaired) electrons. The Hall–Kier alpha value is 0.217. The summed E-state index contributed by atoms with van der Waals surface area (Å²) in [5, 5.41) is 0.596. The van der Waals surface area contributed by atoms with E-state index in [9.17, 15) is 0 Å². The second-order valence-corrected chi connectivity index (χ2v) is 10.9. The molecule has 0 amide bonds. The molecule has 0 unspecified atom stereocenters. The van der Waals surface area contributed by atoms with Crippen molar-refractivity contribution in [3.05, 3.63) is 0 Å². The third kappa shape index (κ3) is 2.93. The lowest BCUT2D eigenvalue weighted by Crippen LogP contribution is -2.39. The molecular weight excluding hydrogens is 160 g/mol. The van der Waals surface area contributed by atoms with Crippen molar-refractivity contribution in [1.29, 1.82) is 0 Å². The molecule has 0 rings (SSSR count). The molecule has 0 nitrogen and oxygen atoms in total. The molecule has 0 aliphatic rings. The van der Waals surface area contributed by atoms with Gasteiger partial charge in [-0.1, -0.05) is 66.1 Å². The quantitative estimate of drug-likeness (QED) is 0.559. The van der Waals surface area contributed by atoms with E-state index in [0.29, 0.717) is 5.04 Å². The van der Waals surface area contributed by atoms with Gasteiger partial charge in [0.15, 0.2) is 0 Å². The maximum Gasteiger partial charge on any atom is 0.0558 e. The van der Waals surface area contributed by atoms with Gasteiger partial charge in [0.1, 0.15) is 0 Å². The lowest BCUT2D eigenvalue weighted by molar-refractivity contribution is 0.693. The largest absolute Gasteiger partial charge is 0.0688 e. The SMILES string of the molecule is CCC[Si](C)(CCC)C(C)(C)C. The van der Waals surface area contributed by atoms with Crippen LogP contribution >= 0.6 is 0 Å². The topological polar surface area (TPSA) is 0 Å². The van der Waals surface area contributed by atoms with Crippen molar-refractivity contribution in [1.82, 2.24) is 0 Å². The minimum absolute atomic E-state index is 0.596. The maximum atomic E-state index is 2.58. The van der Waals surface area contributed by atoms with E-state index < -0.39 is 8.07 Å². The summed E-state index contributed by atoms with van der Waals surface area (Å²) >= 11 is 0. The number of rotatable bonds is 4. The highest BCUT2D eigenvalue weighted by Crippen LogP contribution is 2.42. The molecule has 74 valence electrons. The van der Waals surface area contributed by atoms with E-state index in [1.54, 1.807) is 0 Å². The first-order valence-electron chi connectivity index (χ1n) is 5.37. The fraction of sp³-hybridized carbons (Fsp3) is 1.00. The molecule has 1 heteroatoms. The van der Waals surface area contributed by atoms with Crippen LogP contribution in [-0.2, 0) is 0 Å². The minimum atomic E-state index is -0.951. The molecule has 12 heavy (non-hydrogen) atoms. The zero-order chi connectivity index (χ0) is 9.83. The van der Waals surface area contributed by atoms with Gasteiger partial charge in [-0.05, 0) is 5.04 Å². The molecule has 0 aromatic carbocycles. The van der Waals surface area contributed by atoms with Crippen LogP contribution in [0.1, 0.15) is 47.5 Å². The zero-order valence-corrected chi connectivity index (χ0v) is 10.8. The second-order valence-electron chi connectivity index (χ2n) is 5.31. The van der Waals surface area contributed by atoms with E-state index >= 15 is 0 Å². The Labute approximate surface area is 79.8 Å². The van der Waals surface area contributed by atoms with E-state index in [-0.39, 0.29) is 0 Å². The van der Waals surface area contributed by atoms with Crippen LogP contribution < -0.4 is 0 Å². The van der Waals surface area contributed by atoms with Crippen molar-refractivity contribution >= 4 is 8.07 Å². The van der Waals surface area contributed by atoms with E-state index in [1.807, 2.05) is 0 Å². The van der Waals surface area contributed by atoms with E-state index in [2.05, 4.69) is 41.2 Å². The first-order valence-corrected chi connectivity index (χ1v) is 8.29. The second kappa shape index (κ2) is 4.45. The van der Waals surface area contributed by atoms with Crippen molar-refractivity contribution in [3.8, 4) is 0 Å². The molecule has 0 aromatic rings. The van der Waals surface area contributed by atoms with Crippen LogP contribution in [0.2, 0.25) is 23.7 Å². The van der Waals surface area contributed by atoms with Crippen LogP contribution in [0, 0.1) is 0 Å². The molecule has 0 aromatic heterocycles. The van der Waals surface area contributed by atoms with Gasteiger partial charge in [-0.2, -0.15) is 0 Å². The lowest BCUT2D eigenvalue weighted by atomic mass is 10.2.